The summed E-state index contributed by atoms with van der Waals surface area (Å²) < 4.78 is 0. The zero-order valence-corrected chi connectivity index (χ0v) is 42.2. The van der Waals surface area contributed by atoms with Gasteiger partial charge in [0.05, 0.1) is 27.7 Å². The number of hydrogen-bond donors (Lipinski definition) is 0. The van der Waals surface area contributed by atoms with Gasteiger partial charge in [-0.1, -0.05) is 156 Å². The van der Waals surface area contributed by atoms with E-state index >= 15 is 0 Å². The number of hydrogen-bond acceptors (Lipinski definition) is 4. The van der Waals surface area contributed by atoms with E-state index in [1.54, 1.807) is 12.1 Å². The molecule has 7 nitrogen and oxygen atoms in total. The molecule has 0 spiro atoms. The van der Waals surface area contributed by atoms with Gasteiger partial charge in [-0.3, -0.25) is 10.1 Å². The van der Waals surface area contributed by atoms with Crippen LogP contribution in [0.5, 0.6) is 0 Å². The molecule has 0 atom stereocenters. The Labute approximate surface area is 390 Å². The van der Waals surface area contributed by atoms with Crippen molar-refractivity contribution in [3.05, 3.63) is 157 Å². The van der Waals surface area contributed by atoms with Gasteiger partial charge >= 0.3 is 19.5 Å². The van der Waals surface area contributed by atoms with Crippen LogP contribution in [0.1, 0.15) is 139 Å². The van der Waals surface area contributed by atoms with E-state index < -0.39 is 4.92 Å². The van der Waals surface area contributed by atoms with Crippen LogP contribution in [0.2, 0.25) is 0 Å². The molecule has 0 fully saturated rings. The fourth-order valence-corrected chi connectivity index (χ4v) is 7.82. The van der Waals surface area contributed by atoms with Crippen molar-refractivity contribution in [3.63, 3.8) is 0 Å². The molecule has 0 aliphatic carbocycles. The Kier molecular flexibility index (Phi) is 12.0. The van der Waals surface area contributed by atoms with Crippen molar-refractivity contribution in [2.45, 2.75) is 105 Å². The maximum atomic E-state index is 11.5. The summed E-state index contributed by atoms with van der Waals surface area (Å²) in [7, 11) is 0. The minimum atomic E-state index is -0.406. The Hall–Kier alpha value is -6.16. The summed E-state index contributed by atoms with van der Waals surface area (Å²) in [5.41, 5.74) is 15.8. The van der Waals surface area contributed by atoms with Crippen LogP contribution in [0.25, 0.3) is 68.6 Å². The molecular formula is C56H55N5O2Zn. The fraction of sp³-hybridized carbons (Fsp3) is 0.286. The standard InChI is InChI=1S/C56H55N5O2.Zn/c1-53(2,3)37-27-35(28-38(31-37)54(4,5)6)51-47-21-16-41(57-47)33-42-17-22-48(58-42)52(36-29-39(55(7,8)9)32-40(30-36)56(10,11)12)50-26-24-46(60-50)44(45-23-25-49(51)59-45)20-15-34-13-18-43(19-14-34)61(62)63;/h13-14,16-19,21-33H,1-12H3;/q-2;+2. The molecule has 0 radical (unpaired) electrons. The molecule has 2 aliphatic rings. The van der Waals surface area contributed by atoms with E-state index in [-0.39, 0.29) is 46.8 Å². The number of fused-ring (bicyclic) bond motifs is 8. The fourth-order valence-electron chi connectivity index (χ4n) is 7.82. The SMILES string of the molecule is CC(C)(C)c1cc(-c2c3nc(cc4nc(c(-c5cc(C(C)(C)C)cc(C(C)(C)C)c5)c5ccc([n-]5)c(C#Cc5ccc([N+](=O)[O-])cc5)c5ccc2[n-]5)C=C4)C=C3)cc(C(C)(C)C)c1.[Zn+2]. The number of nitrogens with zero attached hydrogens (tertiary/aromatic N) is 5. The van der Waals surface area contributed by atoms with Crippen molar-refractivity contribution in [1.29, 1.82) is 0 Å². The first-order valence-electron chi connectivity index (χ1n) is 21.6. The summed E-state index contributed by atoms with van der Waals surface area (Å²) in [5.74, 6) is 6.70. The van der Waals surface area contributed by atoms with Gasteiger partial charge in [0.2, 0.25) is 0 Å². The number of nitro benzene ring substituents is 1. The van der Waals surface area contributed by atoms with Gasteiger partial charge in [-0.25, -0.2) is 9.97 Å². The number of nitro groups is 1. The molecule has 5 heterocycles. The number of non-ortho nitro benzene ring substituents is 1. The normalized spacial score (nSPS) is 12.8. The van der Waals surface area contributed by atoms with Crippen molar-refractivity contribution >= 4 is 52.1 Å². The van der Waals surface area contributed by atoms with Crippen molar-refractivity contribution < 1.29 is 24.4 Å². The van der Waals surface area contributed by atoms with Crippen molar-refractivity contribution in [2.24, 2.45) is 0 Å². The molecular weight excluding hydrogens is 840 g/mol. The first-order chi connectivity index (χ1) is 29.5. The minimum absolute atomic E-state index is 0. The molecule has 0 unspecified atom stereocenters. The van der Waals surface area contributed by atoms with E-state index in [2.05, 4.69) is 156 Å². The Balaban J connectivity index is 0.00000612. The van der Waals surface area contributed by atoms with Crippen LogP contribution in [0.3, 0.4) is 0 Å². The molecule has 6 aromatic rings. The monoisotopic (exact) mass is 893 g/mol. The summed E-state index contributed by atoms with van der Waals surface area (Å²) in [6, 6.07) is 30.2. The summed E-state index contributed by atoms with van der Waals surface area (Å²) >= 11 is 0. The smallest absolute Gasteiger partial charge is 0.656 e. The maximum absolute atomic E-state index is 11.5. The topological polar surface area (TPSA) is 97.1 Å². The number of rotatable bonds is 3. The molecule has 0 N–H and O–H groups in total. The van der Waals surface area contributed by atoms with Crippen LogP contribution in [0.15, 0.2) is 91.0 Å². The van der Waals surface area contributed by atoms with Gasteiger partial charge in [-0.05, 0) is 114 Å². The van der Waals surface area contributed by atoms with Crippen LogP contribution in [-0.2, 0) is 41.1 Å². The molecule has 318 valence electrons. The largest absolute Gasteiger partial charge is 2.00 e. The maximum Gasteiger partial charge on any atom is 2.00 e. The van der Waals surface area contributed by atoms with Crippen molar-refractivity contribution in [2.75, 3.05) is 0 Å². The van der Waals surface area contributed by atoms with E-state index in [1.165, 1.54) is 34.4 Å². The van der Waals surface area contributed by atoms with Crippen molar-refractivity contribution in [3.8, 4) is 34.1 Å². The van der Waals surface area contributed by atoms with Crippen LogP contribution in [-0.4, -0.2) is 14.9 Å². The quantitative estimate of drug-likeness (QED) is 0.0758. The van der Waals surface area contributed by atoms with Gasteiger partial charge in [0.15, 0.2) is 0 Å². The van der Waals surface area contributed by atoms with E-state index in [4.69, 9.17) is 19.9 Å². The van der Waals surface area contributed by atoms with E-state index in [1.807, 2.05) is 30.3 Å². The average molecular weight is 895 g/mol. The van der Waals surface area contributed by atoms with Crippen LogP contribution >= 0.6 is 0 Å². The van der Waals surface area contributed by atoms with Crippen LogP contribution in [0, 0.1) is 22.0 Å². The predicted octanol–water partition coefficient (Wildman–Crippen LogP) is 13.7. The van der Waals surface area contributed by atoms with E-state index in [9.17, 15) is 10.1 Å². The average Bonchev–Trinajstić information content (AvgIpc) is 4.04. The predicted molar refractivity (Wildman–Crippen MR) is 262 cm³/mol. The summed E-state index contributed by atoms with van der Waals surface area (Å²) in [6.07, 6.45) is 8.25. The summed E-state index contributed by atoms with van der Waals surface area (Å²) in [5, 5.41) is 11.5. The molecule has 0 amide bonds. The third kappa shape index (κ3) is 9.52. The molecule has 3 aromatic heterocycles. The Morgan fingerprint density at radius 2 is 0.859 bits per heavy atom. The second-order valence-electron chi connectivity index (χ2n) is 20.9. The Bertz CT molecular complexity index is 2890. The zero-order chi connectivity index (χ0) is 45.2. The van der Waals surface area contributed by atoms with Gasteiger partial charge in [-0.15, -0.1) is 22.1 Å². The Morgan fingerprint density at radius 3 is 1.22 bits per heavy atom. The summed E-state index contributed by atoms with van der Waals surface area (Å²) in [6.45, 7) is 26.9. The molecule has 0 saturated heterocycles. The number of benzene rings is 3. The molecule has 8 heteroatoms. The zero-order valence-electron chi connectivity index (χ0n) is 39.2. The van der Waals surface area contributed by atoms with Gasteiger partial charge in [0.1, 0.15) is 0 Å². The van der Waals surface area contributed by atoms with E-state index in [0.717, 1.165) is 56.1 Å². The van der Waals surface area contributed by atoms with E-state index in [0.29, 0.717) is 22.2 Å². The third-order valence-electron chi connectivity index (χ3n) is 11.8. The Morgan fingerprint density at radius 1 is 0.484 bits per heavy atom. The third-order valence-corrected chi connectivity index (χ3v) is 11.8. The van der Waals surface area contributed by atoms with Gasteiger partial charge in [0, 0.05) is 17.7 Å². The van der Waals surface area contributed by atoms with Gasteiger partial charge < -0.3 is 9.97 Å². The van der Waals surface area contributed by atoms with Crippen LogP contribution < -0.4 is 9.97 Å². The van der Waals surface area contributed by atoms with Gasteiger partial charge in [0.25, 0.3) is 5.69 Å². The molecule has 0 saturated carbocycles. The second kappa shape index (κ2) is 16.8. The van der Waals surface area contributed by atoms with Crippen LogP contribution in [0.4, 0.5) is 5.69 Å². The van der Waals surface area contributed by atoms with Crippen molar-refractivity contribution in [1.82, 2.24) is 19.9 Å². The molecule has 8 rings (SSSR count). The molecule has 64 heavy (non-hydrogen) atoms. The summed E-state index contributed by atoms with van der Waals surface area (Å²) in [4.78, 5) is 32.3. The van der Waals surface area contributed by atoms with Gasteiger partial charge in [-0.2, -0.15) is 0 Å². The molecule has 8 bridgehead atoms. The second-order valence-corrected chi connectivity index (χ2v) is 20.9. The first-order valence-corrected chi connectivity index (χ1v) is 21.6. The minimum Gasteiger partial charge on any atom is -0.656 e. The molecule has 2 aliphatic heterocycles. The number of aromatic nitrogens is 4. The first kappa shape index (κ1) is 45.9. The molecule has 3 aromatic carbocycles.